The second-order valence-electron chi connectivity index (χ2n) is 8.07. The summed E-state index contributed by atoms with van der Waals surface area (Å²) in [5.74, 6) is 1.54. The predicted octanol–water partition coefficient (Wildman–Crippen LogP) is 4.58. The van der Waals surface area contributed by atoms with Crippen molar-refractivity contribution >= 4 is 40.2 Å². The Balaban J connectivity index is 0.000000908. The molecule has 0 bridgehead atoms. The summed E-state index contributed by atoms with van der Waals surface area (Å²) in [6, 6.07) is 24.3. The number of amides is 1. The van der Waals surface area contributed by atoms with E-state index in [1.165, 1.54) is 35.3 Å². The van der Waals surface area contributed by atoms with Gasteiger partial charge in [-0.15, -0.1) is 23.5 Å². The van der Waals surface area contributed by atoms with Crippen molar-refractivity contribution in [1.82, 2.24) is 4.98 Å². The number of nitrogens with zero attached hydrogens (tertiary/aromatic N) is 1. The molecule has 1 amide bonds. The van der Waals surface area contributed by atoms with E-state index in [-0.39, 0.29) is 35.7 Å². The molecule has 5 rings (SSSR count). The number of nitrogens with one attached hydrogen (secondary N) is 1. The van der Waals surface area contributed by atoms with E-state index >= 15 is 0 Å². The van der Waals surface area contributed by atoms with Gasteiger partial charge in [-0.05, 0) is 24.1 Å². The van der Waals surface area contributed by atoms with Crippen LogP contribution < -0.4 is 34.9 Å². The second kappa shape index (κ2) is 13.6. The fourth-order valence-electron chi connectivity index (χ4n) is 3.76. The van der Waals surface area contributed by atoms with Gasteiger partial charge < -0.3 is 4.74 Å². The van der Waals surface area contributed by atoms with Gasteiger partial charge in [-0.3, -0.25) is 5.32 Å². The number of halogens is 1. The first-order chi connectivity index (χ1) is 17.5. The maximum absolute atomic E-state index is 12.5. The van der Waals surface area contributed by atoms with Crippen molar-refractivity contribution in [2.24, 2.45) is 0 Å². The molecule has 0 radical (unpaired) electrons. The van der Waals surface area contributed by atoms with Crippen LogP contribution in [0.4, 0.5) is 9.80 Å². The Kier molecular flexibility index (Phi) is 10.5. The first-order valence-corrected chi connectivity index (χ1v) is 12.5. The summed E-state index contributed by atoms with van der Waals surface area (Å²) in [6.45, 7) is 1.79. The number of rotatable bonds is 6. The summed E-state index contributed by atoms with van der Waals surface area (Å²) in [5.41, 5.74) is 7.80. The van der Waals surface area contributed by atoms with Gasteiger partial charge in [-0.25, -0.2) is 9.78 Å². The standard InChI is InChI=1S/C27H22ClN2O2S.CO2.Na/c1-17(23-4-2-3-5-24(23)28)32-27(31)30-26-25(29-16-33-26)22-14-12-21(13-15-22)20-10-8-19(9-11-20)18-6-7-18;2-1-3;/h2-5,8-17H,6-7H2,1H3,(H,30,31);;/q-1;;+1/t17-;;/m1../s1. The number of carbonyl (C=O) groups excluding carboxylic acids is 3. The number of ether oxygens (including phenoxy) is 1. The minimum Gasteiger partial charge on any atom is -0.441 e. The molecule has 1 aliphatic carbocycles. The fourth-order valence-corrected chi connectivity index (χ4v) is 4.74. The Morgan fingerprint density at radius 3 is 2.16 bits per heavy atom. The van der Waals surface area contributed by atoms with Crippen LogP contribution in [0.25, 0.3) is 22.4 Å². The average Bonchev–Trinajstić information content (AvgIpc) is 3.64. The molecular weight excluding hydrogens is 519 g/mol. The number of benzene rings is 3. The van der Waals surface area contributed by atoms with Crippen LogP contribution >= 0.6 is 22.9 Å². The molecule has 6 nitrogen and oxygen atoms in total. The summed E-state index contributed by atoms with van der Waals surface area (Å²) in [4.78, 5) is 33.2. The Morgan fingerprint density at radius 2 is 1.57 bits per heavy atom. The van der Waals surface area contributed by atoms with Crippen molar-refractivity contribution in [3.63, 3.8) is 0 Å². The van der Waals surface area contributed by atoms with Crippen LogP contribution in [0.3, 0.4) is 0 Å². The summed E-state index contributed by atoms with van der Waals surface area (Å²) < 4.78 is 5.53. The topological polar surface area (TPSA) is 85.4 Å². The van der Waals surface area contributed by atoms with Gasteiger partial charge in [0.25, 0.3) is 0 Å². The zero-order valence-corrected chi connectivity index (χ0v) is 23.9. The Morgan fingerprint density at radius 1 is 1.00 bits per heavy atom. The molecule has 1 fully saturated rings. The third-order valence-corrected chi connectivity index (χ3v) is 6.78. The molecule has 1 aromatic heterocycles. The summed E-state index contributed by atoms with van der Waals surface area (Å²) in [7, 11) is 0. The smallest absolute Gasteiger partial charge is 0.441 e. The second-order valence-corrected chi connectivity index (χ2v) is 9.33. The summed E-state index contributed by atoms with van der Waals surface area (Å²) in [6.07, 6.45) is 1.69. The minimum absolute atomic E-state index is 0. The van der Waals surface area contributed by atoms with Gasteiger partial charge in [0.1, 0.15) is 16.8 Å². The van der Waals surface area contributed by atoms with Crippen LogP contribution in [0.1, 0.15) is 37.0 Å². The van der Waals surface area contributed by atoms with Crippen LogP contribution in [0.5, 0.6) is 0 Å². The van der Waals surface area contributed by atoms with E-state index in [1.807, 2.05) is 30.3 Å². The van der Waals surface area contributed by atoms with E-state index in [0.29, 0.717) is 10.0 Å². The van der Waals surface area contributed by atoms with Crippen LogP contribution in [-0.4, -0.2) is 17.2 Å². The van der Waals surface area contributed by atoms with Crippen molar-refractivity contribution in [1.29, 1.82) is 0 Å². The molecule has 1 atom stereocenters. The van der Waals surface area contributed by atoms with Crippen molar-refractivity contribution in [2.45, 2.75) is 25.9 Å². The number of thiazole rings is 1. The van der Waals surface area contributed by atoms with E-state index in [1.54, 1.807) is 24.4 Å². The number of aromatic nitrogens is 1. The maximum atomic E-state index is 12.5. The van der Waals surface area contributed by atoms with Crippen LogP contribution in [-0.2, 0) is 14.3 Å². The molecule has 4 aromatic rings. The van der Waals surface area contributed by atoms with Crippen molar-refractivity contribution < 1.29 is 48.7 Å². The third-order valence-electron chi connectivity index (χ3n) is 5.69. The Hall–Kier alpha value is -2.90. The quantitative estimate of drug-likeness (QED) is 0.286. The molecule has 3 aromatic carbocycles. The molecule has 37 heavy (non-hydrogen) atoms. The van der Waals surface area contributed by atoms with Crippen molar-refractivity contribution in [2.75, 3.05) is 5.32 Å². The Labute approximate surface area is 246 Å². The fraction of sp³-hybridized carbons (Fsp3) is 0.143. The molecule has 1 saturated carbocycles. The minimum atomic E-state index is -0.543. The van der Waals surface area contributed by atoms with Crippen LogP contribution in [0.15, 0.2) is 78.3 Å². The van der Waals surface area contributed by atoms with E-state index in [0.717, 1.165) is 22.4 Å². The summed E-state index contributed by atoms with van der Waals surface area (Å²) >= 11 is 7.57. The van der Waals surface area contributed by atoms with E-state index in [4.69, 9.17) is 25.9 Å². The first kappa shape index (κ1) is 28.7. The van der Waals surface area contributed by atoms with E-state index in [2.05, 4.69) is 46.7 Å². The van der Waals surface area contributed by atoms with Gasteiger partial charge in [0, 0.05) is 16.1 Å². The molecule has 0 saturated heterocycles. The maximum Gasteiger partial charge on any atom is 1.00 e. The molecule has 9 heteroatoms. The molecule has 1 N–H and O–H groups in total. The number of carbonyl (C=O) groups is 1. The van der Waals surface area contributed by atoms with Crippen molar-refractivity contribution in [3.8, 4) is 22.4 Å². The number of anilines is 1. The van der Waals surface area contributed by atoms with Crippen LogP contribution in [0, 0.1) is 5.92 Å². The Bertz CT molecular complexity index is 1370. The van der Waals surface area contributed by atoms with Crippen molar-refractivity contribution in [3.05, 3.63) is 100 Å². The predicted molar refractivity (Wildman–Crippen MR) is 140 cm³/mol. The third kappa shape index (κ3) is 7.55. The normalized spacial score (nSPS) is 12.2. The first-order valence-electron chi connectivity index (χ1n) is 11.2. The summed E-state index contributed by atoms with van der Waals surface area (Å²) in [5, 5.41) is 4.04. The zero-order valence-electron chi connectivity index (χ0n) is 20.4. The number of hydrogen-bond acceptors (Lipinski definition) is 6. The van der Waals surface area contributed by atoms with Gasteiger partial charge in [0.15, 0.2) is 0 Å². The van der Waals surface area contributed by atoms with Gasteiger partial charge in [-0.1, -0.05) is 66.9 Å². The van der Waals surface area contributed by atoms with Gasteiger partial charge in [-0.2, -0.15) is 33.2 Å². The monoisotopic (exact) mass is 540 g/mol. The van der Waals surface area contributed by atoms with E-state index in [9.17, 15) is 4.79 Å². The average molecular weight is 541 g/mol. The van der Waals surface area contributed by atoms with Gasteiger partial charge in [0.05, 0.1) is 5.51 Å². The molecular formula is C28H22ClN2NaO4S. The van der Waals surface area contributed by atoms with Gasteiger partial charge >= 0.3 is 41.8 Å². The number of hydrogen-bond donors (Lipinski definition) is 1. The molecule has 1 aliphatic rings. The van der Waals surface area contributed by atoms with Crippen LogP contribution in [0.2, 0.25) is 5.02 Å². The molecule has 182 valence electrons. The zero-order chi connectivity index (χ0) is 25.5. The molecule has 0 spiro atoms. The molecule has 1 heterocycles. The van der Waals surface area contributed by atoms with E-state index < -0.39 is 12.2 Å². The molecule has 0 aliphatic heterocycles. The van der Waals surface area contributed by atoms with Gasteiger partial charge in [0.2, 0.25) is 0 Å². The SMILES string of the molecule is C[C@@H](OC(=O)Nc1scnc1-c1ccc(-c2ccc([C-]3CC3)cc2)cc1)c1ccccc1Cl.O=C=O.[Na+]. The largest absolute Gasteiger partial charge is 1.00 e. The molecule has 0 unspecified atom stereocenters.